The van der Waals surface area contributed by atoms with Crippen LogP contribution in [0, 0.1) is 0 Å². The Labute approximate surface area is 259 Å². The molecule has 15 heteroatoms. The molecule has 1 atom stereocenters. The number of carbonyl (C=O) groups is 1. The molecule has 0 aliphatic carbocycles. The third kappa shape index (κ3) is 6.64. The summed E-state index contributed by atoms with van der Waals surface area (Å²) in [7, 11) is 1.86. The van der Waals surface area contributed by atoms with Crippen molar-refractivity contribution in [2.24, 2.45) is 7.05 Å². The van der Waals surface area contributed by atoms with Crippen molar-refractivity contribution in [1.29, 1.82) is 0 Å². The second kappa shape index (κ2) is 12.6. The van der Waals surface area contributed by atoms with Crippen molar-refractivity contribution >= 4 is 23.2 Å². The number of fused-ring (bicyclic) bond motifs is 1. The molecule has 5 aromatic rings. The Morgan fingerprint density at radius 2 is 1.71 bits per heavy atom. The Bertz CT molecular complexity index is 1760. The smallest absolute Gasteiger partial charge is 0.317 e. The van der Waals surface area contributed by atoms with Crippen LogP contribution in [0.5, 0.6) is 0 Å². The average molecular weight is 611 g/mol. The summed E-state index contributed by atoms with van der Waals surface area (Å²) in [6, 6.07) is 8.48. The summed E-state index contributed by atoms with van der Waals surface area (Å²) in [5.74, 6) is -0.107. The maximum atomic E-state index is 10.9. The first-order valence-electron chi connectivity index (χ1n) is 15.0. The van der Waals surface area contributed by atoms with Crippen molar-refractivity contribution in [2.75, 3.05) is 57.3 Å². The molecule has 2 aliphatic rings. The highest BCUT2D eigenvalue weighted by molar-refractivity contribution is 5.70. The molecule has 0 unspecified atom stereocenters. The topological polar surface area (TPSA) is 156 Å². The summed E-state index contributed by atoms with van der Waals surface area (Å²) in [4.78, 5) is 36.0. The van der Waals surface area contributed by atoms with Crippen LogP contribution in [0.15, 0.2) is 55.2 Å². The molecule has 6 heterocycles. The highest BCUT2D eigenvalue weighted by Gasteiger charge is 2.25. The van der Waals surface area contributed by atoms with E-state index < -0.39 is 5.97 Å². The molecule has 45 heavy (non-hydrogen) atoms. The fraction of sp³-hybridized carbons (Fsp3) is 0.400. The third-order valence-electron chi connectivity index (χ3n) is 8.18. The molecule has 232 valence electrons. The zero-order valence-electron chi connectivity index (χ0n) is 25.0. The number of aromatic nitrogens is 9. The maximum absolute atomic E-state index is 10.9. The van der Waals surface area contributed by atoms with Crippen LogP contribution < -0.4 is 4.90 Å². The highest BCUT2D eigenvalue weighted by Crippen LogP contribution is 2.22. The molecule has 2 aliphatic heterocycles. The van der Waals surface area contributed by atoms with E-state index in [4.69, 9.17) is 9.84 Å². The molecular formula is C30H34N12O3. The van der Waals surface area contributed by atoms with Crippen LogP contribution in [0.25, 0.3) is 33.7 Å². The minimum absolute atomic E-state index is 0.112. The Morgan fingerprint density at radius 1 is 0.933 bits per heavy atom. The molecule has 1 N–H and O–H groups in total. The summed E-state index contributed by atoms with van der Waals surface area (Å²) in [6.45, 7) is 6.58. The Kier molecular flexibility index (Phi) is 8.11. The van der Waals surface area contributed by atoms with E-state index in [2.05, 4.69) is 69.4 Å². The first-order valence-corrected chi connectivity index (χ1v) is 15.0. The zero-order chi connectivity index (χ0) is 30.8. The molecule has 0 spiro atoms. The number of hydrogen-bond acceptors (Lipinski definition) is 12. The van der Waals surface area contributed by atoms with Crippen LogP contribution in [0.3, 0.4) is 0 Å². The zero-order valence-corrected chi connectivity index (χ0v) is 25.0. The van der Waals surface area contributed by atoms with Crippen molar-refractivity contribution in [3.8, 4) is 22.4 Å². The Morgan fingerprint density at radius 3 is 2.44 bits per heavy atom. The first-order chi connectivity index (χ1) is 22.0. The fourth-order valence-corrected chi connectivity index (χ4v) is 5.77. The largest absolute Gasteiger partial charge is 0.480 e. The molecule has 7 rings (SSSR count). The lowest BCUT2D eigenvalue weighted by Crippen LogP contribution is -2.47. The van der Waals surface area contributed by atoms with Crippen LogP contribution in [-0.4, -0.2) is 124 Å². The van der Waals surface area contributed by atoms with Gasteiger partial charge < -0.3 is 14.7 Å². The van der Waals surface area contributed by atoms with Crippen LogP contribution in [0.2, 0.25) is 0 Å². The molecular weight excluding hydrogens is 576 g/mol. The van der Waals surface area contributed by atoms with Gasteiger partial charge in [0, 0.05) is 82.6 Å². The second-order valence-corrected chi connectivity index (χ2v) is 11.4. The van der Waals surface area contributed by atoms with E-state index in [1.807, 2.05) is 30.5 Å². The molecule has 2 fully saturated rings. The molecule has 15 nitrogen and oxygen atoms in total. The van der Waals surface area contributed by atoms with Crippen molar-refractivity contribution in [3.05, 3.63) is 60.8 Å². The number of ether oxygens (including phenoxy) is 1. The number of carboxylic acid groups (broad SMARTS) is 1. The normalized spacial score (nSPS) is 18.1. The van der Waals surface area contributed by atoms with Gasteiger partial charge >= 0.3 is 5.97 Å². The summed E-state index contributed by atoms with van der Waals surface area (Å²) < 4.78 is 9.51. The number of morpholine rings is 1. The van der Waals surface area contributed by atoms with Gasteiger partial charge in [-0.1, -0.05) is 29.5 Å². The van der Waals surface area contributed by atoms with E-state index in [0.29, 0.717) is 49.2 Å². The van der Waals surface area contributed by atoms with Gasteiger partial charge in [0.1, 0.15) is 0 Å². The molecule has 0 radical (unpaired) electrons. The maximum Gasteiger partial charge on any atom is 0.317 e. The summed E-state index contributed by atoms with van der Waals surface area (Å²) >= 11 is 0. The number of anilines is 1. The first kappa shape index (κ1) is 28.9. The van der Waals surface area contributed by atoms with Crippen LogP contribution >= 0.6 is 0 Å². The predicted octanol–water partition coefficient (Wildman–Crippen LogP) is 1.19. The Balaban J connectivity index is 0.945. The van der Waals surface area contributed by atoms with E-state index in [0.717, 1.165) is 49.4 Å². The average Bonchev–Trinajstić information content (AvgIpc) is 3.68. The molecule has 0 amide bonds. The van der Waals surface area contributed by atoms with Gasteiger partial charge in [0.15, 0.2) is 5.65 Å². The Hall–Kier alpha value is -4.86. The number of benzene rings is 1. The number of hydrogen-bond donors (Lipinski definition) is 1. The lowest BCUT2D eigenvalue weighted by atomic mass is 10.1. The lowest BCUT2D eigenvalue weighted by molar-refractivity contribution is -0.138. The second-order valence-electron chi connectivity index (χ2n) is 11.4. The van der Waals surface area contributed by atoms with Crippen molar-refractivity contribution in [2.45, 2.75) is 19.2 Å². The van der Waals surface area contributed by atoms with Gasteiger partial charge in [-0.05, 0) is 11.1 Å². The van der Waals surface area contributed by atoms with Crippen molar-refractivity contribution < 1.29 is 14.6 Å². The molecule has 1 aromatic carbocycles. The number of piperazine rings is 1. The SMILES string of the molecule is Cn1cc(-c2cnc3c(nnn3C[C@@H]3CN(c4ncc(-c5ccc(CN6CCN(CC(=O)O)CC6)cc5)cn4)CCO3)n2)cn1. The highest BCUT2D eigenvalue weighted by atomic mass is 16.5. The van der Waals surface area contributed by atoms with Gasteiger partial charge in [-0.3, -0.25) is 19.3 Å². The van der Waals surface area contributed by atoms with Gasteiger partial charge in [-0.2, -0.15) is 5.10 Å². The monoisotopic (exact) mass is 610 g/mol. The van der Waals surface area contributed by atoms with Gasteiger partial charge in [-0.25, -0.2) is 24.6 Å². The van der Waals surface area contributed by atoms with Gasteiger partial charge in [0.2, 0.25) is 11.6 Å². The van der Waals surface area contributed by atoms with E-state index >= 15 is 0 Å². The van der Waals surface area contributed by atoms with Crippen molar-refractivity contribution in [1.82, 2.24) is 54.5 Å². The minimum Gasteiger partial charge on any atom is -0.480 e. The van der Waals surface area contributed by atoms with Crippen LogP contribution in [0.4, 0.5) is 5.95 Å². The molecule has 2 saturated heterocycles. The molecule has 4 aromatic heterocycles. The minimum atomic E-state index is -0.769. The van der Waals surface area contributed by atoms with E-state index in [9.17, 15) is 4.79 Å². The molecule has 0 saturated carbocycles. The van der Waals surface area contributed by atoms with E-state index in [1.165, 1.54) is 5.56 Å². The standard InChI is InChI=1S/C30H34N12O3/c1-38-17-24(14-34-38)26-15-31-29-28(35-26)36-37-42(29)19-25-18-41(10-11-45-25)30-32-12-23(13-33-30)22-4-2-21(3-5-22)16-39-6-8-40(9-7-39)20-27(43)44/h2-5,12-15,17,25H,6-11,16,18-20H2,1H3,(H,43,44)/t25-/m0/s1. The third-order valence-corrected chi connectivity index (χ3v) is 8.18. The fourth-order valence-electron chi connectivity index (χ4n) is 5.77. The number of carboxylic acids is 1. The van der Waals surface area contributed by atoms with E-state index in [1.54, 1.807) is 21.8 Å². The number of aliphatic carboxylic acids is 1. The predicted molar refractivity (Wildman–Crippen MR) is 164 cm³/mol. The summed E-state index contributed by atoms with van der Waals surface area (Å²) in [5.41, 5.74) is 5.89. The van der Waals surface area contributed by atoms with E-state index in [-0.39, 0.29) is 12.6 Å². The van der Waals surface area contributed by atoms with Gasteiger partial charge in [0.05, 0.1) is 43.9 Å². The lowest BCUT2D eigenvalue weighted by Gasteiger charge is -2.33. The summed E-state index contributed by atoms with van der Waals surface area (Å²) in [5, 5.41) is 21.7. The number of nitrogens with zero attached hydrogens (tertiary/aromatic N) is 12. The van der Waals surface area contributed by atoms with Crippen molar-refractivity contribution in [3.63, 3.8) is 0 Å². The quantitative estimate of drug-likeness (QED) is 0.254. The number of aryl methyl sites for hydroxylation is 1. The number of rotatable bonds is 9. The molecule has 0 bridgehead atoms. The summed E-state index contributed by atoms with van der Waals surface area (Å²) in [6.07, 6.45) is 8.93. The van der Waals surface area contributed by atoms with Gasteiger partial charge in [0.25, 0.3) is 0 Å². The van der Waals surface area contributed by atoms with Crippen LogP contribution in [-0.2, 0) is 29.7 Å². The van der Waals surface area contributed by atoms with Gasteiger partial charge in [-0.15, -0.1) is 5.10 Å². The van der Waals surface area contributed by atoms with Crippen LogP contribution in [0.1, 0.15) is 5.56 Å².